The highest BCUT2D eigenvalue weighted by Gasteiger charge is 2.32. The second kappa shape index (κ2) is 3.55. The summed E-state index contributed by atoms with van der Waals surface area (Å²) in [5.74, 6) is -2.43. The molecule has 0 aliphatic rings. The third-order valence-electron chi connectivity index (χ3n) is 1.72. The van der Waals surface area contributed by atoms with Crippen molar-refractivity contribution in [3.8, 4) is 0 Å². The van der Waals surface area contributed by atoms with Gasteiger partial charge in [0.15, 0.2) is 0 Å². The topological polar surface area (TPSA) is 0 Å². The van der Waals surface area contributed by atoms with Crippen molar-refractivity contribution in [2.75, 3.05) is 0 Å². The van der Waals surface area contributed by atoms with Crippen LogP contribution in [0.5, 0.6) is 0 Å². The Balaban J connectivity index is 3.28. The van der Waals surface area contributed by atoms with Gasteiger partial charge in [0.25, 0.3) is 0 Å². The fourth-order valence-corrected chi connectivity index (χ4v) is 1.01. The van der Waals surface area contributed by atoms with Gasteiger partial charge in [-0.2, -0.15) is 13.2 Å². The summed E-state index contributed by atoms with van der Waals surface area (Å²) in [7, 11) is 0. The molecule has 1 rings (SSSR count). The van der Waals surface area contributed by atoms with Crippen molar-refractivity contribution in [1.82, 2.24) is 0 Å². The number of benzene rings is 1. The van der Waals surface area contributed by atoms with Crippen LogP contribution in [0.4, 0.5) is 22.0 Å². The molecular formula is C9H6F5. The zero-order chi connectivity index (χ0) is 10.9. The molecule has 0 N–H and O–H groups in total. The summed E-state index contributed by atoms with van der Waals surface area (Å²) in [6.45, 7) is 3.21. The van der Waals surface area contributed by atoms with Gasteiger partial charge in [-0.05, 0) is 25.5 Å². The molecule has 1 radical (unpaired) electrons. The van der Waals surface area contributed by atoms with Crippen molar-refractivity contribution in [1.29, 1.82) is 0 Å². The highest BCUT2D eigenvalue weighted by atomic mass is 19.4. The molecule has 0 unspecified atom stereocenters. The van der Waals surface area contributed by atoms with Gasteiger partial charge < -0.3 is 0 Å². The number of rotatable bonds is 1. The van der Waals surface area contributed by atoms with Crippen molar-refractivity contribution >= 4 is 0 Å². The predicted molar refractivity (Wildman–Crippen MR) is 40.4 cm³/mol. The smallest absolute Gasteiger partial charge is 0.207 e. The van der Waals surface area contributed by atoms with E-state index in [-0.39, 0.29) is 18.6 Å². The number of alkyl halides is 3. The van der Waals surface area contributed by atoms with E-state index in [9.17, 15) is 22.0 Å². The Labute approximate surface area is 77.4 Å². The van der Waals surface area contributed by atoms with Gasteiger partial charge in [-0.15, -0.1) is 0 Å². The van der Waals surface area contributed by atoms with Gasteiger partial charge in [0.05, 0.1) is 5.56 Å². The third kappa shape index (κ3) is 2.02. The molecule has 77 valence electrons. The minimum absolute atomic E-state index is 0.226. The predicted octanol–water partition coefficient (Wildman–Crippen LogP) is 3.36. The zero-order valence-electron chi connectivity index (χ0n) is 6.96. The van der Waals surface area contributed by atoms with Crippen LogP contribution in [0, 0.1) is 18.6 Å². The van der Waals surface area contributed by atoms with E-state index in [1.807, 2.05) is 0 Å². The first kappa shape index (κ1) is 10.9. The molecule has 0 saturated heterocycles. The highest BCUT2D eigenvalue weighted by molar-refractivity contribution is 5.28. The van der Waals surface area contributed by atoms with Crippen molar-refractivity contribution in [2.45, 2.75) is 12.6 Å². The quantitative estimate of drug-likeness (QED) is 0.622. The minimum atomic E-state index is -4.73. The largest absolute Gasteiger partial charge is 0.416 e. The van der Waals surface area contributed by atoms with Crippen LogP contribution in [0.15, 0.2) is 12.1 Å². The molecule has 0 aliphatic carbocycles. The second-order valence-corrected chi connectivity index (χ2v) is 2.67. The Hall–Kier alpha value is -1.13. The van der Waals surface area contributed by atoms with E-state index in [4.69, 9.17) is 0 Å². The van der Waals surface area contributed by atoms with Crippen LogP contribution in [0.2, 0.25) is 0 Å². The van der Waals surface area contributed by atoms with Gasteiger partial charge in [-0.25, -0.2) is 8.78 Å². The summed E-state index contributed by atoms with van der Waals surface area (Å²) in [5.41, 5.74) is -1.76. The summed E-state index contributed by atoms with van der Waals surface area (Å²) in [6, 6.07) is 0.535. The number of hydrogen-bond acceptors (Lipinski definition) is 0. The average Bonchev–Trinajstić information content (AvgIpc) is 2.01. The van der Waals surface area contributed by atoms with E-state index < -0.39 is 28.9 Å². The van der Waals surface area contributed by atoms with Gasteiger partial charge in [0, 0.05) is 5.56 Å². The first-order valence-corrected chi connectivity index (χ1v) is 3.70. The van der Waals surface area contributed by atoms with Gasteiger partial charge in [0.1, 0.15) is 11.6 Å². The van der Waals surface area contributed by atoms with Crippen LogP contribution in [-0.2, 0) is 12.6 Å². The standard InChI is InChI=1S/C9H6F5/c1-2-6-7(10)3-5(4-8(6)11)9(12,13)14/h3-4H,1-2H2. The lowest BCUT2D eigenvalue weighted by Gasteiger charge is -2.09. The van der Waals surface area contributed by atoms with Crippen molar-refractivity contribution in [3.63, 3.8) is 0 Å². The molecule has 14 heavy (non-hydrogen) atoms. The molecule has 0 nitrogen and oxygen atoms in total. The van der Waals surface area contributed by atoms with Crippen LogP contribution in [-0.4, -0.2) is 0 Å². The lowest BCUT2D eigenvalue weighted by Crippen LogP contribution is -2.08. The molecule has 0 amide bonds. The van der Waals surface area contributed by atoms with Crippen molar-refractivity contribution < 1.29 is 22.0 Å². The van der Waals surface area contributed by atoms with E-state index in [2.05, 4.69) is 6.92 Å². The normalized spacial score (nSPS) is 11.9. The molecule has 1 aromatic carbocycles. The lowest BCUT2D eigenvalue weighted by atomic mass is 10.1. The summed E-state index contributed by atoms with van der Waals surface area (Å²) in [4.78, 5) is 0. The van der Waals surface area contributed by atoms with Crippen LogP contribution in [0.25, 0.3) is 0 Å². The monoisotopic (exact) mass is 209 g/mol. The zero-order valence-corrected chi connectivity index (χ0v) is 6.96. The van der Waals surface area contributed by atoms with Gasteiger partial charge >= 0.3 is 6.18 Å². The maximum absolute atomic E-state index is 12.9. The Morgan fingerprint density at radius 2 is 1.50 bits per heavy atom. The Bertz CT molecular complexity index is 317. The Morgan fingerprint density at radius 1 is 1.07 bits per heavy atom. The number of hydrogen-bond donors (Lipinski definition) is 0. The summed E-state index contributed by atoms with van der Waals surface area (Å²) in [6.07, 6.45) is -4.96. The maximum atomic E-state index is 12.9. The molecule has 5 heteroatoms. The Morgan fingerprint density at radius 3 is 1.79 bits per heavy atom. The van der Waals surface area contributed by atoms with E-state index in [1.165, 1.54) is 0 Å². The SMILES string of the molecule is [CH2]Cc1c(F)cc(C(F)(F)F)cc1F. The van der Waals surface area contributed by atoms with E-state index >= 15 is 0 Å². The van der Waals surface area contributed by atoms with Crippen molar-refractivity contribution in [3.05, 3.63) is 41.8 Å². The Kier molecular flexibility index (Phi) is 2.78. The maximum Gasteiger partial charge on any atom is 0.416 e. The van der Waals surface area contributed by atoms with Gasteiger partial charge in [0.2, 0.25) is 0 Å². The molecule has 0 heterocycles. The van der Waals surface area contributed by atoms with Crippen LogP contribution >= 0.6 is 0 Å². The highest BCUT2D eigenvalue weighted by Crippen LogP contribution is 2.31. The summed E-state index contributed by atoms with van der Waals surface area (Å²) >= 11 is 0. The van der Waals surface area contributed by atoms with Crippen LogP contribution < -0.4 is 0 Å². The third-order valence-corrected chi connectivity index (χ3v) is 1.72. The molecule has 0 fully saturated rings. The molecule has 0 aromatic heterocycles. The van der Waals surface area contributed by atoms with E-state index in [1.54, 1.807) is 0 Å². The molecule has 1 aromatic rings. The molecule has 0 bridgehead atoms. The molecule has 0 saturated carbocycles. The van der Waals surface area contributed by atoms with Gasteiger partial charge in [-0.3, -0.25) is 0 Å². The summed E-state index contributed by atoms with van der Waals surface area (Å²) in [5, 5.41) is 0. The minimum Gasteiger partial charge on any atom is -0.207 e. The lowest BCUT2D eigenvalue weighted by molar-refractivity contribution is -0.138. The molecular weight excluding hydrogens is 203 g/mol. The molecule has 0 spiro atoms. The van der Waals surface area contributed by atoms with Crippen molar-refractivity contribution in [2.24, 2.45) is 0 Å². The van der Waals surface area contributed by atoms with Gasteiger partial charge in [-0.1, -0.05) is 0 Å². The average molecular weight is 209 g/mol. The first-order chi connectivity index (χ1) is 6.36. The van der Waals surface area contributed by atoms with E-state index in [0.29, 0.717) is 0 Å². The number of halogens is 5. The fourth-order valence-electron chi connectivity index (χ4n) is 1.01. The van der Waals surface area contributed by atoms with Crippen LogP contribution in [0.3, 0.4) is 0 Å². The molecule has 0 aliphatic heterocycles. The first-order valence-electron chi connectivity index (χ1n) is 3.70. The molecule has 0 atom stereocenters. The van der Waals surface area contributed by atoms with E-state index in [0.717, 1.165) is 0 Å². The second-order valence-electron chi connectivity index (χ2n) is 2.67. The fraction of sp³-hybridized carbons (Fsp3) is 0.222. The van der Waals surface area contributed by atoms with Crippen LogP contribution in [0.1, 0.15) is 11.1 Å². The summed E-state index contributed by atoms with van der Waals surface area (Å²) < 4.78 is 61.8.